The van der Waals surface area contributed by atoms with Crippen LogP contribution >= 0.6 is 0 Å². The third-order valence-corrected chi connectivity index (χ3v) is 16.0. The molecule has 0 N–H and O–H groups in total. The molecule has 0 aromatic carbocycles. The Morgan fingerprint density at radius 2 is 0.675 bits per heavy atom. The molecule has 0 heterocycles. The van der Waals surface area contributed by atoms with Gasteiger partial charge in [0.15, 0.2) is 12.4 Å². The molecule has 0 aromatic rings. The molecule has 0 bridgehead atoms. The Balaban J connectivity index is 3.92. The summed E-state index contributed by atoms with van der Waals surface area (Å²) in [6, 6.07) is 0. The van der Waals surface area contributed by atoms with Crippen molar-refractivity contribution >= 4 is 17.9 Å². The zero-order chi connectivity index (χ0) is 58.3. The van der Waals surface area contributed by atoms with Crippen LogP contribution < -0.4 is 5.11 Å². The van der Waals surface area contributed by atoms with Crippen molar-refractivity contribution < 1.29 is 42.9 Å². The number of carboxylic acids is 1. The van der Waals surface area contributed by atoms with Crippen LogP contribution in [0, 0.1) is 0 Å². The topological polar surface area (TPSA) is 111 Å². The van der Waals surface area contributed by atoms with E-state index in [0.717, 1.165) is 51.4 Å². The number of quaternary nitrogens is 1. The first kappa shape index (κ1) is 77.8. The van der Waals surface area contributed by atoms with E-state index < -0.39 is 24.3 Å². The number of unbranched alkanes of at least 4 members (excludes halogenated alkanes) is 47. The van der Waals surface area contributed by atoms with Crippen molar-refractivity contribution in [3.63, 3.8) is 0 Å². The lowest BCUT2D eigenvalue weighted by Gasteiger charge is -2.26. The van der Waals surface area contributed by atoms with Gasteiger partial charge in [-0.15, -0.1) is 0 Å². The highest BCUT2D eigenvalue weighted by atomic mass is 16.7. The third kappa shape index (κ3) is 63.4. The van der Waals surface area contributed by atoms with Crippen LogP contribution in [0.15, 0.2) is 24.3 Å². The quantitative estimate of drug-likeness (QED) is 0.0195. The summed E-state index contributed by atoms with van der Waals surface area (Å²) in [4.78, 5) is 37.4. The lowest BCUT2D eigenvalue weighted by Crippen LogP contribution is -2.44. The molecule has 0 aliphatic heterocycles. The second kappa shape index (κ2) is 62.8. The lowest BCUT2D eigenvalue weighted by atomic mass is 10.0. The van der Waals surface area contributed by atoms with E-state index in [0.29, 0.717) is 23.9 Å². The van der Waals surface area contributed by atoms with Crippen molar-refractivity contribution in [1.82, 2.24) is 0 Å². The maximum Gasteiger partial charge on any atom is 0.306 e. The summed E-state index contributed by atoms with van der Waals surface area (Å²) in [7, 11) is 5.93. The fourth-order valence-electron chi connectivity index (χ4n) is 10.6. The van der Waals surface area contributed by atoms with E-state index in [9.17, 15) is 19.5 Å². The van der Waals surface area contributed by atoms with E-state index in [2.05, 4.69) is 38.2 Å². The molecule has 0 radical (unpaired) electrons. The highest BCUT2D eigenvalue weighted by Gasteiger charge is 2.22. The SMILES string of the molecule is CCCCC/C=C\C/C=C\CCCCCCCCCC(=O)OC(COC(=O)CCCCCCCCCCCCCCCCCCCCCCCCCCCCCCCCCCCCCCCC)COC(OCC[N+](C)(C)C)C(=O)[O-]. The lowest BCUT2D eigenvalue weighted by molar-refractivity contribution is -0.870. The molecule has 9 heteroatoms. The molecule has 0 saturated carbocycles. The summed E-state index contributed by atoms with van der Waals surface area (Å²) in [6.45, 7) is 4.77. The number of allylic oxidation sites excluding steroid dienone is 4. The van der Waals surface area contributed by atoms with Crippen molar-refractivity contribution in [2.45, 2.75) is 367 Å². The molecule has 2 atom stereocenters. The largest absolute Gasteiger partial charge is 0.545 e. The summed E-state index contributed by atoms with van der Waals surface area (Å²) < 4.78 is 22.8. The highest BCUT2D eigenvalue weighted by molar-refractivity contribution is 5.70. The van der Waals surface area contributed by atoms with Crippen LogP contribution in [-0.2, 0) is 33.3 Å². The average molecular weight is 1130 g/mol. The number of hydrogen-bond donors (Lipinski definition) is 0. The van der Waals surface area contributed by atoms with Crippen molar-refractivity contribution in [3.8, 4) is 0 Å². The molecule has 0 aliphatic rings. The second-order valence-corrected chi connectivity index (χ2v) is 25.2. The predicted molar refractivity (Wildman–Crippen MR) is 339 cm³/mol. The second-order valence-electron chi connectivity index (χ2n) is 25.2. The van der Waals surface area contributed by atoms with Gasteiger partial charge in [0.2, 0.25) is 0 Å². The Kier molecular flexibility index (Phi) is 61.1. The summed E-state index contributed by atoms with van der Waals surface area (Å²) in [5.74, 6) is -2.27. The van der Waals surface area contributed by atoms with Gasteiger partial charge < -0.3 is 33.3 Å². The van der Waals surface area contributed by atoms with Crippen LogP contribution in [0.25, 0.3) is 0 Å². The van der Waals surface area contributed by atoms with E-state index >= 15 is 0 Å². The van der Waals surface area contributed by atoms with Gasteiger partial charge in [-0.25, -0.2) is 0 Å². The zero-order valence-electron chi connectivity index (χ0n) is 54.0. The first-order valence-electron chi connectivity index (χ1n) is 35.0. The molecule has 0 fully saturated rings. The van der Waals surface area contributed by atoms with Crippen molar-refractivity contribution in [2.75, 3.05) is 47.5 Å². The number of rotatable bonds is 66. The summed E-state index contributed by atoms with van der Waals surface area (Å²) in [6.07, 6.45) is 74.3. The molecule has 0 aromatic heterocycles. The third-order valence-electron chi connectivity index (χ3n) is 16.0. The van der Waals surface area contributed by atoms with Gasteiger partial charge in [-0.3, -0.25) is 9.59 Å². The minimum atomic E-state index is -1.62. The molecule has 2 unspecified atom stereocenters. The molecule has 0 aliphatic carbocycles. The van der Waals surface area contributed by atoms with Crippen LogP contribution in [0.2, 0.25) is 0 Å². The Hall–Kier alpha value is -2.23. The normalized spacial score (nSPS) is 12.8. The first-order valence-corrected chi connectivity index (χ1v) is 35.0. The molecule has 9 nitrogen and oxygen atoms in total. The smallest absolute Gasteiger partial charge is 0.306 e. The summed E-state index contributed by atoms with van der Waals surface area (Å²) in [5.41, 5.74) is 0. The number of ether oxygens (including phenoxy) is 4. The van der Waals surface area contributed by atoms with Gasteiger partial charge in [0, 0.05) is 12.8 Å². The molecule has 0 spiro atoms. The number of esters is 2. The number of carboxylic acid groups (broad SMARTS) is 1. The van der Waals surface area contributed by atoms with Gasteiger partial charge in [-0.1, -0.05) is 321 Å². The Morgan fingerprint density at radius 3 is 1.01 bits per heavy atom. The number of hydrogen-bond acceptors (Lipinski definition) is 8. The van der Waals surface area contributed by atoms with E-state index in [1.807, 2.05) is 21.1 Å². The number of carbonyl (C=O) groups excluding carboxylic acids is 3. The summed E-state index contributed by atoms with van der Waals surface area (Å²) in [5, 5.41) is 11.8. The maximum absolute atomic E-state index is 12.9. The van der Waals surface area contributed by atoms with Gasteiger partial charge in [-0.05, 0) is 44.9 Å². The van der Waals surface area contributed by atoms with Crippen molar-refractivity contribution in [3.05, 3.63) is 24.3 Å². The van der Waals surface area contributed by atoms with Crippen LogP contribution in [0.1, 0.15) is 354 Å². The van der Waals surface area contributed by atoms with Crippen LogP contribution in [0.3, 0.4) is 0 Å². The van der Waals surface area contributed by atoms with Gasteiger partial charge in [0.05, 0.1) is 40.3 Å². The first-order chi connectivity index (χ1) is 39.1. The molecular weight excluding hydrogens is 995 g/mol. The van der Waals surface area contributed by atoms with E-state index in [4.69, 9.17) is 18.9 Å². The average Bonchev–Trinajstić information content (AvgIpc) is 3.43. The van der Waals surface area contributed by atoms with E-state index in [1.54, 1.807) is 0 Å². The minimum absolute atomic E-state index is 0.148. The monoisotopic (exact) mass is 1130 g/mol. The maximum atomic E-state index is 12.9. The zero-order valence-corrected chi connectivity index (χ0v) is 54.0. The summed E-state index contributed by atoms with van der Waals surface area (Å²) >= 11 is 0. The number of nitrogens with zero attached hydrogens (tertiary/aromatic N) is 1. The fraction of sp³-hybridized carbons (Fsp3) is 0.901. The Labute approximate surface area is 497 Å². The van der Waals surface area contributed by atoms with Crippen molar-refractivity contribution in [2.24, 2.45) is 0 Å². The standard InChI is InChI=1S/C71H135NO8/c1-6-8-10-12-14-16-18-20-22-24-25-26-27-28-29-30-31-32-33-34-35-36-37-38-39-40-41-42-43-44-46-47-49-51-53-55-57-59-61-68(73)78-65-67(66-79-71(70(75)76)77-64-63-72(3,4)5)80-69(74)62-60-58-56-54-52-50-48-45-23-21-19-17-15-13-11-9-7-2/h15,17,21,23,67,71H,6-14,16,18-20,22,24-66H2,1-5H3/b17-15-,23-21-. The van der Waals surface area contributed by atoms with E-state index in [-0.39, 0.29) is 32.2 Å². The van der Waals surface area contributed by atoms with Gasteiger partial charge in [-0.2, -0.15) is 0 Å². The number of carbonyl (C=O) groups is 3. The molecule has 0 rings (SSSR count). The van der Waals surface area contributed by atoms with Crippen LogP contribution in [0.4, 0.5) is 0 Å². The molecular formula is C71H135NO8. The number of aliphatic carboxylic acids is 1. The fourth-order valence-corrected chi connectivity index (χ4v) is 10.6. The molecule has 0 saturated heterocycles. The van der Waals surface area contributed by atoms with Crippen LogP contribution in [0.5, 0.6) is 0 Å². The van der Waals surface area contributed by atoms with Crippen LogP contribution in [-0.4, -0.2) is 82.3 Å². The van der Waals surface area contributed by atoms with Gasteiger partial charge in [0.1, 0.15) is 13.2 Å². The highest BCUT2D eigenvalue weighted by Crippen LogP contribution is 2.19. The Bertz CT molecular complexity index is 1360. The van der Waals surface area contributed by atoms with Crippen molar-refractivity contribution in [1.29, 1.82) is 0 Å². The molecule has 0 amide bonds. The number of likely N-dealkylation sites (N-methyl/N-ethyl adjacent to an activating group) is 1. The van der Waals surface area contributed by atoms with Gasteiger partial charge in [0.25, 0.3) is 0 Å². The minimum Gasteiger partial charge on any atom is -0.545 e. The van der Waals surface area contributed by atoms with Gasteiger partial charge >= 0.3 is 11.9 Å². The van der Waals surface area contributed by atoms with E-state index in [1.165, 1.54) is 270 Å². The molecule has 80 heavy (non-hydrogen) atoms. The molecule has 472 valence electrons. The Morgan fingerprint density at radius 1 is 0.375 bits per heavy atom. The predicted octanol–water partition coefficient (Wildman–Crippen LogP) is 20.1.